The molecule has 0 aliphatic heterocycles. The largest absolute Gasteiger partial charge is 0.352 e. The average Bonchev–Trinajstić information content (AvgIpc) is 3.45. The number of hydrogen-bond donors (Lipinski definition) is 1. The topological polar surface area (TPSA) is 86.8 Å². The van der Waals surface area contributed by atoms with Gasteiger partial charge in [-0.3, -0.25) is 13.9 Å². The van der Waals surface area contributed by atoms with Crippen LogP contribution in [0.3, 0.4) is 0 Å². The van der Waals surface area contributed by atoms with E-state index in [0.29, 0.717) is 26.9 Å². The van der Waals surface area contributed by atoms with Crippen LogP contribution in [0.4, 0.5) is 5.69 Å². The van der Waals surface area contributed by atoms with Crippen LogP contribution in [0, 0.1) is 13.8 Å². The fourth-order valence-corrected chi connectivity index (χ4v) is 7.16. The molecule has 1 atom stereocenters. The van der Waals surface area contributed by atoms with E-state index in [4.69, 9.17) is 23.2 Å². The molecule has 1 fully saturated rings. The molecule has 1 aliphatic rings. The lowest BCUT2D eigenvalue weighted by Crippen LogP contribution is -2.52. The van der Waals surface area contributed by atoms with Crippen LogP contribution in [0.25, 0.3) is 0 Å². The maximum atomic E-state index is 14.1. The molecule has 7 nitrogen and oxygen atoms in total. The number of anilines is 1. The van der Waals surface area contributed by atoms with Gasteiger partial charge in [0.05, 0.1) is 10.6 Å². The monoisotopic (exact) mass is 615 g/mol. The van der Waals surface area contributed by atoms with Gasteiger partial charge in [0.25, 0.3) is 10.0 Å². The molecule has 0 saturated heterocycles. The highest BCUT2D eigenvalue weighted by Gasteiger charge is 2.34. The van der Waals surface area contributed by atoms with Gasteiger partial charge in [-0.2, -0.15) is 0 Å². The fraction of sp³-hybridized carbons (Fsp3) is 0.355. The quantitative estimate of drug-likeness (QED) is 0.291. The third-order valence-corrected chi connectivity index (χ3v) is 9.97. The minimum atomic E-state index is -4.14. The van der Waals surface area contributed by atoms with Crippen molar-refractivity contribution in [3.8, 4) is 0 Å². The van der Waals surface area contributed by atoms with E-state index in [1.165, 1.54) is 17.0 Å². The van der Waals surface area contributed by atoms with Crippen LogP contribution in [0.1, 0.15) is 49.3 Å². The fourth-order valence-electron chi connectivity index (χ4n) is 5.15. The molecule has 1 aliphatic carbocycles. The second kappa shape index (κ2) is 13.3. The lowest BCUT2D eigenvalue weighted by Gasteiger charge is -2.33. The maximum absolute atomic E-state index is 14.1. The molecule has 0 heterocycles. The Balaban J connectivity index is 1.73. The molecular weight excluding hydrogens is 581 g/mol. The van der Waals surface area contributed by atoms with Gasteiger partial charge >= 0.3 is 0 Å². The number of amides is 2. The molecule has 0 unspecified atom stereocenters. The number of aryl methyl sites for hydroxylation is 2. The summed E-state index contributed by atoms with van der Waals surface area (Å²) in [6, 6.07) is 17.5. The molecule has 10 heteroatoms. The van der Waals surface area contributed by atoms with Crippen LogP contribution < -0.4 is 9.62 Å². The van der Waals surface area contributed by atoms with Crippen LogP contribution in [0.15, 0.2) is 71.6 Å². The summed E-state index contributed by atoms with van der Waals surface area (Å²) in [4.78, 5) is 28.9. The van der Waals surface area contributed by atoms with Crippen molar-refractivity contribution in [1.29, 1.82) is 0 Å². The van der Waals surface area contributed by atoms with Crippen LogP contribution in [0.5, 0.6) is 0 Å². The Bertz CT molecular complexity index is 1490. The number of halogens is 2. The van der Waals surface area contributed by atoms with Gasteiger partial charge in [0.2, 0.25) is 11.8 Å². The van der Waals surface area contributed by atoms with Crippen molar-refractivity contribution < 1.29 is 18.0 Å². The molecule has 0 bridgehead atoms. The molecule has 218 valence electrons. The van der Waals surface area contributed by atoms with E-state index >= 15 is 0 Å². The lowest BCUT2D eigenvalue weighted by atomic mass is 10.1. The Morgan fingerprint density at radius 1 is 0.951 bits per heavy atom. The van der Waals surface area contributed by atoms with Crippen LogP contribution in [-0.4, -0.2) is 43.8 Å². The highest BCUT2D eigenvalue weighted by Crippen LogP contribution is 2.30. The Morgan fingerprint density at radius 2 is 1.59 bits per heavy atom. The summed E-state index contributed by atoms with van der Waals surface area (Å²) in [5.41, 5.74) is 2.52. The summed E-state index contributed by atoms with van der Waals surface area (Å²) in [5, 5.41) is 3.75. The molecule has 0 aromatic heterocycles. The number of nitrogens with zero attached hydrogens (tertiary/aromatic N) is 2. The molecule has 2 amide bonds. The zero-order valence-corrected chi connectivity index (χ0v) is 25.8. The summed E-state index contributed by atoms with van der Waals surface area (Å²) in [6.45, 7) is 4.77. The third-order valence-electron chi connectivity index (χ3n) is 7.49. The second-order valence-electron chi connectivity index (χ2n) is 10.5. The minimum absolute atomic E-state index is 0.0518. The first-order valence-electron chi connectivity index (χ1n) is 13.7. The average molecular weight is 617 g/mol. The summed E-state index contributed by atoms with van der Waals surface area (Å²) in [6.07, 6.45) is 3.86. The molecule has 0 spiro atoms. The maximum Gasteiger partial charge on any atom is 0.264 e. The van der Waals surface area contributed by atoms with Crippen LogP contribution in [-0.2, 0) is 26.2 Å². The molecule has 3 aromatic rings. The van der Waals surface area contributed by atoms with E-state index in [9.17, 15) is 18.0 Å². The van der Waals surface area contributed by atoms with E-state index in [0.717, 1.165) is 35.6 Å². The number of carbonyl (C=O) groups is 2. The first kappa shape index (κ1) is 30.9. The van der Waals surface area contributed by atoms with E-state index in [1.807, 2.05) is 13.0 Å². The molecule has 41 heavy (non-hydrogen) atoms. The standard InChI is InChI=1S/C31H35Cl2N3O4S/c1-21-16-17-29(22(2)18-21)36(41(39,40)25-12-5-4-6-13-25)20-30(37)35(19-26-27(32)14-9-15-28(26)33)23(3)31(38)34-24-10-7-8-11-24/h4-6,9,12-18,23-24H,7-8,10-11,19-20H2,1-3H3,(H,34,38)/t23-/m1/s1. The van der Waals surface area contributed by atoms with Gasteiger partial charge in [0.1, 0.15) is 12.6 Å². The smallest absolute Gasteiger partial charge is 0.264 e. The first-order valence-corrected chi connectivity index (χ1v) is 15.9. The molecule has 3 aromatic carbocycles. The summed E-state index contributed by atoms with van der Waals surface area (Å²) in [7, 11) is -4.14. The highest BCUT2D eigenvalue weighted by atomic mass is 35.5. The van der Waals surface area contributed by atoms with Crippen molar-refractivity contribution in [2.45, 2.75) is 70.0 Å². The van der Waals surface area contributed by atoms with E-state index in [2.05, 4.69) is 5.32 Å². The van der Waals surface area contributed by atoms with E-state index in [1.54, 1.807) is 62.4 Å². The summed E-state index contributed by atoms with van der Waals surface area (Å²) in [5.74, 6) is -0.869. The first-order chi connectivity index (χ1) is 19.5. The zero-order chi connectivity index (χ0) is 29.7. The SMILES string of the molecule is Cc1ccc(N(CC(=O)N(Cc2c(Cl)cccc2Cl)[C@H](C)C(=O)NC2CCCC2)S(=O)(=O)c2ccccc2)c(C)c1. The van der Waals surface area contributed by atoms with Crippen molar-refractivity contribution in [1.82, 2.24) is 10.2 Å². The lowest BCUT2D eigenvalue weighted by molar-refractivity contribution is -0.139. The van der Waals surface area contributed by atoms with Gasteiger partial charge in [-0.25, -0.2) is 8.42 Å². The molecule has 4 rings (SSSR count). The number of carbonyl (C=O) groups excluding carboxylic acids is 2. The Morgan fingerprint density at radius 3 is 2.20 bits per heavy atom. The minimum Gasteiger partial charge on any atom is -0.352 e. The van der Waals surface area contributed by atoms with Gasteiger partial charge in [-0.05, 0) is 69.5 Å². The summed E-state index contributed by atoms with van der Waals surface area (Å²) >= 11 is 12.9. The second-order valence-corrected chi connectivity index (χ2v) is 13.2. The number of sulfonamides is 1. The van der Waals surface area contributed by atoms with E-state index in [-0.39, 0.29) is 23.4 Å². The summed E-state index contributed by atoms with van der Waals surface area (Å²) < 4.78 is 29.0. The van der Waals surface area contributed by atoms with Crippen LogP contribution in [0.2, 0.25) is 10.0 Å². The Kier molecular flexibility index (Phi) is 10.00. The van der Waals surface area contributed by atoms with Crippen molar-refractivity contribution in [2.75, 3.05) is 10.8 Å². The van der Waals surface area contributed by atoms with Gasteiger partial charge in [-0.1, -0.05) is 78.0 Å². The Labute approximate surface area is 252 Å². The number of nitrogens with one attached hydrogen (secondary N) is 1. The normalized spacial score (nSPS) is 14.5. The van der Waals surface area contributed by atoms with Crippen LogP contribution >= 0.6 is 23.2 Å². The number of hydrogen-bond acceptors (Lipinski definition) is 4. The molecular formula is C31H35Cl2N3O4S. The predicted octanol–water partition coefficient (Wildman–Crippen LogP) is 6.28. The number of rotatable bonds is 10. The zero-order valence-electron chi connectivity index (χ0n) is 23.4. The van der Waals surface area contributed by atoms with Gasteiger partial charge in [0, 0.05) is 28.2 Å². The van der Waals surface area contributed by atoms with Gasteiger partial charge in [-0.15, -0.1) is 0 Å². The predicted molar refractivity (Wildman–Crippen MR) is 164 cm³/mol. The van der Waals surface area contributed by atoms with Crippen molar-refractivity contribution in [3.05, 3.63) is 93.5 Å². The van der Waals surface area contributed by atoms with Crippen molar-refractivity contribution in [3.63, 3.8) is 0 Å². The molecule has 1 N–H and O–H groups in total. The Hall–Kier alpha value is -3.07. The highest BCUT2D eigenvalue weighted by molar-refractivity contribution is 7.92. The molecule has 1 saturated carbocycles. The third kappa shape index (κ3) is 7.23. The molecule has 0 radical (unpaired) electrons. The van der Waals surface area contributed by atoms with Crippen molar-refractivity contribution in [2.24, 2.45) is 0 Å². The van der Waals surface area contributed by atoms with Gasteiger partial charge < -0.3 is 10.2 Å². The van der Waals surface area contributed by atoms with Crippen molar-refractivity contribution >= 4 is 50.7 Å². The number of benzene rings is 3. The van der Waals surface area contributed by atoms with E-state index < -0.39 is 28.5 Å². The van der Waals surface area contributed by atoms with Gasteiger partial charge in [0.15, 0.2) is 0 Å².